The Morgan fingerprint density at radius 2 is 1.86 bits per heavy atom. The van der Waals surface area contributed by atoms with E-state index < -0.39 is 0 Å². The van der Waals surface area contributed by atoms with E-state index in [1.54, 1.807) is 0 Å². The number of aliphatic hydroxyl groups excluding tert-OH is 2. The Bertz CT molecular complexity index is 1040. The van der Waals surface area contributed by atoms with Crippen LogP contribution in [0.3, 0.4) is 0 Å². The molecule has 4 aliphatic carbocycles. The smallest absolute Gasteiger partial charge is 0.228 e. The van der Waals surface area contributed by atoms with Crippen molar-refractivity contribution in [2.45, 2.75) is 111 Å². The zero-order chi connectivity index (χ0) is 26.1. The van der Waals surface area contributed by atoms with Crippen molar-refractivity contribution >= 4 is 11.7 Å². The number of hydrogen-bond acceptors (Lipinski definition) is 4. The molecule has 2 heterocycles. The summed E-state index contributed by atoms with van der Waals surface area (Å²) in [4.78, 5) is 19.7. The third-order valence-electron chi connectivity index (χ3n) is 12.5. The molecule has 5 nitrogen and oxygen atoms in total. The maximum Gasteiger partial charge on any atom is 0.228 e. The first-order valence-corrected chi connectivity index (χ1v) is 15.2. The van der Waals surface area contributed by atoms with Crippen LogP contribution in [0.25, 0.3) is 0 Å². The first-order valence-electron chi connectivity index (χ1n) is 15.2. The monoisotopic (exact) mass is 508 g/mol. The van der Waals surface area contributed by atoms with Gasteiger partial charge in [-0.3, -0.25) is 9.69 Å². The van der Waals surface area contributed by atoms with E-state index in [1.165, 1.54) is 31.2 Å². The largest absolute Gasteiger partial charge is 0.393 e. The predicted octanol–water partition coefficient (Wildman–Crippen LogP) is 5.69. The number of hydrogen-bond donors (Lipinski definition) is 2. The summed E-state index contributed by atoms with van der Waals surface area (Å²) in [6, 6.07) is 2.17. The van der Waals surface area contributed by atoms with E-state index in [2.05, 4.69) is 38.7 Å². The number of amides is 1. The van der Waals surface area contributed by atoms with Gasteiger partial charge in [0, 0.05) is 19.2 Å². The van der Waals surface area contributed by atoms with Crippen LogP contribution < -0.4 is 4.90 Å². The topological polar surface area (TPSA) is 73.7 Å². The number of carbonyl (C=O) groups excluding carboxylic acids is 1. The minimum absolute atomic E-state index is 0.177. The number of aryl methyl sites for hydroxylation is 1. The van der Waals surface area contributed by atoms with Crippen molar-refractivity contribution in [3.8, 4) is 0 Å². The number of anilines is 1. The van der Waals surface area contributed by atoms with Gasteiger partial charge in [0.15, 0.2) is 0 Å². The van der Waals surface area contributed by atoms with Crippen molar-refractivity contribution in [3.05, 3.63) is 23.4 Å². The van der Waals surface area contributed by atoms with Crippen LogP contribution in [-0.2, 0) is 11.2 Å². The molecule has 4 fully saturated rings. The lowest BCUT2D eigenvalue weighted by Gasteiger charge is -2.62. The summed E-state index contributed by atoms with van der Waals surface area (Å²) in [7, 11) is 0. The molecule has 6 rings (SSSR count). The highest BCUT2D eigenvalue weighted by Gasteiger charge is 2.62. The fraction of sp³-hybridized carbons (Fsp3) is 0.812. The quantitative estimate of drug-likeness (QED) is 0.548. The Hall–Kier alpha value is -1.46. The van der Waals surface area contributed by atoms with Gasteiger partial charge in [-0.05, 0) is 129 Å². The Kier molecular flexibility index (Phi) is 6.50. The zero-order valence-corrected chi connectivity index (χ0v) is 23.5. The molecule has 204 valence electrons. The molecule has 1 aromatic rings. The first kappa shape index (κ1) is 25.8. The van der Waals surface area contributed by atoms with Crippen LogP contribution in [0.5, 0.6) is 0 Å². The van der Waals surface area contributed by atoms with Gasteiger partial charge < -0.3 is 10.2 Å². The van der Waals surface area contributed by atoms with Crippen molar-refractivity contribution in [2.75, 3.05) is 11.4 Å². The molecule has 4 saturated carbocycles. The highest BCUT2D eigenvalue weighted by molar-refractivity contribution is 5.94. The SMILES string of the molecule is Cc1cnc2c(c1)CCN2C(=O)CC[C@@H](C)[C@H]1CC[C@H]2[C@@H]3[C@@H](O)C[C@@H]4C[C@H](O)CC[C@]4(C)[C@H]3CC[C@]12C. The summed E-state index contributed by atoms with van der Waals surface area (Å²) in [5, 5.41) is 21.8. The molecule has 1 amide bonds. The lowest BCUT2D eigenvalue weighted by Crippen LogP contribution is -2.58. The van der Waals surface area contributed by atoms with E-state index in [0.29, 0.717) is 41.9 Å². The Morgan fingerprint density at radius 3 is 2.68 bits per heavy atom. The van der Waals surface area contributed by atoms with Gasteiger partial charge in [0.2, 0.25) is 5.91 Å². The van der Waals surface area contributed by atoms with Gasteiger partial charge in [-0.25, -0.2) is 4.98 Å². The number of pyridine rings is 1. The highest BCUT2D eigenvalue weighted by atomic mass is 16.3. The third-order valence-corrected chi connectivity index (χ3v) is 12.5. The van der Waals surface area contributed by atoms with E-state index in [9.17, 15) is 15.0 Å². The van der Waals surface area contributed by atoms with Crippen LogP contribution in [0.2, 0.25) is 0 Å². The summed E-state index contributed by atoms with van der Waals surface area (Å²) in [5.41, 5.74) is 2.91. The van der Waals surface area contributed by atoms with E-state index in [-0.39, 0.29) is 28.9 Å². The Labute approximate surface area is 223 Å². The molecule has 5 heteroatoms. The van der Waals surface area contributed by atoms with E-state index in [0.717, 1.165) is 56.5 Å². The van der Waals surface area contributed by atoms with E-state index >= 15 is 0 Å². The lowest BCUT2D eigenvalue weighted by atomic mass is 9.43. The molecular formula is C32H48N2O3. The summed E-state index contributed by atoms with van der Waals surface area (Å²) >= 11 is 0. The molecular weight excluding hydrogens is 460 g/mol. The van der Waals surface area contributed by atoms with Crippen LogP contribution in [0.1, 0.15) is 96.1 Å². The number of aromatic nitrogens is 1. The third kappa shape index (κ3) is 4.09. The Morgan fingerprint density at radius 1 is 1.11 bits per heavy atom. The standard InChI is InChI=1S/C32H48N2O3/c1-19-15-21-11-14-34(30(21)33-18-19)28(37)8-5-20(2)24-6-7-25-29-26(10-13-32(24,25)4)31(3)12-9-23(35)16-22(31)17-27(29)36/h15,18,20,22-27,29,35-36H,5-14,16-17H2,1-4H3/t20-,22+,23-,24-,25+,26+,27+,29+,31+,32-/m1/s1. The first-order chi connectivity index (χ1) is 17.6. The van der Waals surface area contributed by atoms with Gasteiger partial charge in [0.25, 0.3) is 0 Å². The molecule has 0 aromatic carbocycles. The van der Waals surface area contributed by atoms with Crippen LogP contribution >= 0.6 is 0 Å². The van der Waals surface area contributed by atoms with Crippen LogP contribution in [0, 0.1) is 53.3 Å². The maximum atomic E-state index is 13.2. The lowest BCUT2D eigenvalue weighted by molar-refractivity contribution is -0.174. The number of carbonyl (C=O) groups is 1. The molecule has 5 aliphatic rings. The van der Waals surface area contributed by atoms with Gasteiger partial charge in [-0.15, -0.1) is 0 Å². The van der Waals surface area contributed by atoms with Crippen molar-refractivity contribution in [1.29, 1.82) is 0 Å². The predicted molar refractivity (Wildman–Crippen MR) is 146 cm³/mol. The molecule has 37 heavy (non-hydrogen) atoms. The molecule has 1 aromatic heterocycles. The Balaban J connectivity index is 1.13. The normalized spacial score (nSPS) is 43.5. The second-order valence-corrected chi connectivity index (χ2v) is 14.3. The van der Waals surface area contributed by atoms with Crippen molar-refractivity contribution in [2.24, 2.45) is 46.3 Å². The number of fused-ring (bicyclic) bond motifs is 6. The average Bonchev–Trinajstić information content (AvgIpc) is 3.44. The molecule has 0 spiro atoms. The minimum atomic E-state index is -0.222. The molecule has 0 unspecified atom stereocenters. The second-order valence-electron chi connectivity index (χ2n) is 14.3. The number of rotatable bonds is 4. The van der Waals surface area contributed by atoms with Crippen LogP contribution in [0.4, 0.5) is 5.82 Å². The molecule has 10 atom stereocenters. The van der Waals surface area contributed by atoms with Gasteiger partial charge in [0.05, 0.1) is 12.2 Å². The van der Waals surface area contributed by atoms with Gasteiger partial charge >= 0.3 is 0 Å². The van der Waals surface area contributed by atoms with Crippen molar-refractivity contribution in [1.82, 2.24) is 4.98 Å². The zero-order valence-electron chi connectivity index (χ0n) is 23.5. The molecule has 2 N–H and O–H groups in total. The van der Waals surface area contributed by atoms with Gasteiger partial charge in [-0.1, -0.05) is 26.8 Å². The summed E-state index contributed by atoms with van der Waals surface area (Å²) in [5.74, 6) is 4.30. The summed E-state index contributed by atoms with van der Waals surface area (Å²) < 4.78 is 0. The van der Waals surface area contributed by atoms with Crippen molar-refractivity contribution < 1.29 is 15.0 Å². The van der Waals surface area contributed by atoms with Crippen molar-refractivity contribution in [3.63, 3.8) is 0 Å². The summed E-state index contributed by atoms with van der Waals surface area (Å²) in [6.07, 6.45) is 12.7. The van der Waals surface area contributed by atoms with E-state index in [1.807, 2.05) is 11.1 Å². The average molecular weight is 509 g/mol. The maximum absolute atomic E-state index is 13.2. The fourth-order valence-corrected chi connectivity index (χ4v) is 10.5. The second kappa shape index (κ2) is 9.33. The van der Waals surface area contributed by atoms with Gasteiger partial charge in [-0.2, -0.15) is 0 Å². The molecule has 0 bridgehead atoms. The minimum Gasteiger partial charge on any atom is -0.393 e. The molecule has 0 radical (unpaired) electrons. The highest BCUT2D eigenvalue weighted by Crippen LogP contribution is 2.68. The molecule has 0 saturated heterocycles. The van der Waals surface area contributed by atoms with Gasteiger partial charge in [0.1, 0.15) is 5.82 Å². The van der Waals surface area contributed by atoms with E-state index in [4.69, 9.17) is 0 Å². The number of aliphatic hydroxyl groups is 2. The fourth-order valence-electron chi connectivity index (χ4n) is 10.5. The van der Waals surface area contributed by atoms with Crippen LogP contribution in [0.15, 0.2) is 12.3 Å². The summed E-state index contributed by atoms with van der Waals surface area (Å²) in [6.45, 7) is 10.2. The van der Waals surface area contributed by atoms with Crippen LogP contribution in [-0.4, -0.2) is 39.9 Å². The molecule has 1 aliphatic heterocycles. The number of nitrogens with zero attached hydrogens (tertiary/aromatic N) is 2.